The maximum Gasteiger partial charge on any atom is 0.343 e. The van der Waals surface area contributed by atoms with Gasteiger partial charge in [-0.05, 0) is 91.8 Å². The second-order valence-corrected chi connectivity index (χ2v) is 9.62. The summed E-state index contributed by atoms with van der Waals surface area (Å²) in [7, 11) is 0. The van der Waals surface area contributed by atoms with Crippen molar-refractivity contribution < 1.29 is 23.9 Å². The molecule has 2 aromatic carbocycles. The average Bonchev–Trinajstić information content (AvgIpc) is 3.29. The van der Waals surface area contributed by atoms with E-state index in [1.54, 1.807) is 48.5 Å². The van der Waals surface area contributed by atoms with E-state index in [0.29, 0.717) is 39.8 Å². The summed E-state index contributed by atoms with van der Waals surface area (Å²) >= 11 is 1.35. The van der Waals surface area contributed by atoms with Crippen molar-refractivity contribution in [1.29, 1.82) is 5.26 Å². The third-order valence-electron chi connectivity index (χ3n) is 5.75. The Morgan fingerprint density at radius 2 is 1.74 bits per heavy atom. The maximum atomic E-state index is 12.4. The molecule has 1 aromatic heterocycles. The van der Waals surface area contributed by atoms with E-state index in [2.05, 4.69) is 21.9 Å². The van der Waals surface area contributed by atoms with Gasteiger partial charge in [0.25, 0.3) is 0 Å². The number of esters is 1. The van der Waals surface area contributed by atoms with Gasteiger partial charge in [-0.1, -0.05) is 6.92 Å². The molecule has 0 aliphatic heterocycles. The molecule has 2 N–H and O–H groups in total. The fraction of sp³-hybridized carbons (Fsp3) is 0.250. The Labute approximate surface area is 224 Å². The quantitative estimate of drug-likeness (QED) is 0.144. The number of anilines is 1. The fourth-order valence-electron chi connectivity index (χ4n) is 3.84. The standard InChI is InChI=1S/C28H26N4O5S/c1-2-15-36-20-13-9-19(10-14-20)28(35)37-21-11-7-18(8-12-21)17-30-32-26(34)25(33)31-27-23(16-29)22-5-3-4-6-24(22)38-27/h7-14,17H,2-6,15H2,1H3,(H,31,33)(H,32,34). The molecular formula is C28H26N4O5S. The average molecular weight is 531 g/mol. The molecule has 38 heavy (non-hydrogen) atoms. The van der Waals surface area contributed by atoms with Gasteiger partial charge in [-0.2, -0.15) is 10.4 Å². The Bertz CT molecular complexity index is 1390. The van der Waals surface area contributed by atoms with Crippen molar-refractivity contribution in [3.05, 3.63) is 75.7 Å². The fourth-order valence-corrected chi connectivity index (χ4v) is 5.08. The lowest BCUT2D eigenvalue weighted by atomic mass is 9.96. The van der Waals surface area contributed by atoms with Crippen molar-refractivity contribution in [1.82, 2.24) is 5.43 Å². The molecular weight excluding hydrogens is 504 g/mol. The molecule has 0 atom stereocenters. The number of nitrogens with zero attached hydrogens (tertiary/aromatic N) is 2. The molecule has 0 saturated carbocycles. The van der Waals surface area contributed by atoms with E-state index in [1.807, 2.05) is 6.92 Å². The van der Waals surface area contributed by atoms with E-state index in [4.69, 9.17) is 9.47 Å². The van der Waals surface area contributed by atoms with Gasteiger partial charge in [-0.3, -0.25) is 9.59 Å². The van der Waals surface area contributed by atoms with Crippen LogP contribution in [0.2, 0.25) is 0 Å². The number of hydrogen-bond donors (Lipinski definition) is 2. The molecule has 1 heterocycles. The van der Waals surface area contributed by atoms with Gasteiger partial charge < -0.3 is 14.8 Å². The van der Waals surface area contributed by atoms with Crippen LogP contribution < -0.4 is 20.2 Å². The van der Waals surface area contributed by atoms with Crippen LogP contribution in [0.25, 0.3) is 0 Å². The van der Waals surface area contributed by atoms with Crippen LogP contribution >= 0.6 is 11.3 Å². The van der Waals surface area contributed by atoms with Crippen LogP contribution in [-0.2, 0) is 22.4 Å². The van der Waals surface area contributed by atoms with Crippen LogP contribution in [0.3, 0.4) is 0 Å². The Hall–Kier alpha value is -4.49. The lowest BCUT2D eigenvalue weighted by Crippen LogP contribution is -2.32. The number of carbonyl (C=O) groups is 3. The van der Waals surface area contributed by atoms with Crippen LogP contribution in [0.15, 0.2) is 53.6 Å². The van der Waals surface area contributed by atoms with Crippen LogP contribution in [0.4, 0.5) is 5.00 Å². The Balaban J connectivity index is 1.27. The zero-order valence-corrected chi connectivity index (χ0v) is 21.6. The number of ether oxygens (including phenoxy) is 2. The zero-order chi connectivity index (χ0) is 26.9. The molecule has 4 rings (SSSR count). The summed E-state index contributed by atoms with van der Waals surface area (Å²) < 4.78 is 10.9. The molecule has 1 aliphatic carbocycles. The lowest BCUT2D eigenvalue weighted by Gasteiger charge is -2.09. The van der Waals surface area contributed by atoms with Crippen molar-refractivity contribution in [2.75, 3.05) is 11.9 Å². The summed E-state index contributed by atoms with van der Waals surface area (Å²) in [6, 6.07) is 15.3. The van der Waals surface area contributed by atoms with Crippen molar-refractivity contribution >= 4 is 40.3 Å². The Morgan fingerprint density at radius 1 is 1.03 bits per heavy atom. The largest absolute Gasteiger partial charge is 0.494 e. The molecule has 0 bridgehead atoms. The monoisotopic (exact) mass is 530 g/mol. The Morgan fingerprint density at radius 3 is 2.45 bits per heavy atom. The van der Waals surface area contributed by atoms with Crippen molar-refractivity contribution in [2.45, 2.75) is 39.0 Å². The topological polar surface area (TPSA) is 130 Å². The number of hydrogen-bond acceptors (Lipinski definition) is 8. The lowest BCUT2D eigenvalue weighted by molar-refractivity contribution is -0.136. The van der Waals surface area contributed by atoms with Crippen LogP contribution in [0.5, 0.6) is 11.5 Å². The van der Waals surface area contributed by atoms with Crippen LogP contribution in [-0.4, -0.2) is 30.6 Å². The summed E-state index contributed by atoms with van der Waals surface area (Å²) in [5.41, 5.74) is 4.60. The number of carbonyl (C=O) groups excluding carboxylic acids is 3. The highest BCUT2D eigenvalue weighted by Crippen LogP contribution is 2.37. The van der Waals surface area contributed by atoms with Gasteiger partial charge in [0.2, 0.25) is 0 Å². The molecule has 0 fully saturated rings. The van der Waals surface area contributed by atoms with Crippen molar-refractivity contribution in [2.24, 2.45) is 5.10 Å². The first-order valence-corrected chi connectivity index (χ1v) is 13.0. The number of nitrogens with one attached hydrogen (secondary N) is 2. The van der Waals surface area contributed by atoms with E-state index >= 15 is 0 Å². The third-order valence-corrected chi connectivity index (χ3v) is 6.96. The molecule has 0 unspecified atom stereocenters. The second kappa shape index (κ2) is 12.7. The van der Waals surface area contributed by atoms with Crippen molar-refractivity contribution in [3.63, 3.8) is 0 Å². The molecule has 2 amide bonds. The first kappa shape index (κ1) is 26.6. The van der Waals surface area contributed by atoms with Gasteiger partial charge in [-0.25, -0.2) is 10.2 Å². The summed E-state index contributed by atoms with van der Waals surface area (Å²) in [6.07, 6.45) is 5.99. The highest BCUT2D eigenvalue weighted by Gasteiger charge is 2.23. The first-order chi connectivity index (χ1) is 18.5. The molecule has 0 spiro atoms. The molecule has 10 heteroatoms. The van der Waals surface area contributed by atoms with Gasteiger partial charge in [-0.15, -0.1) is 11.3 Å². The Kier molecular flexibility index (Phi) is 8.85. The molecule has 0 radical (unpaired) electrons. The van der Waals surface area contributed by atoms with E-state index < -0.39 is 17.8 Å². The number of nitriles is 1. The number of rotatable bonds is 8. The predicted molar refractivity (Wildman–Crippen MR) is 144 cm³/mol. The van der Waals surface area contributed by atoms with E-state index in [0.717, 1.165) is 42.5 Å². The van der Waals surface area contributed by atoms with E-state index in [-0.39, 0.29) is 0 Å². The highest BCUT2D eigenvalue weighted by molar-refractivity contribution is 7.16. The van der Waals surface area contributed by atoms with Crippen LogP contribution in [0, 0.1) is 11.3 Å². The van der Waals surface area contributed by atoms with Crippen LogP contribution in [0.1, 0.15) is 58.1 Å². The maximum absolute atomic E-state index is 12.4. The smallest absolute Gasteiger partial charge is 0.343 e. The SMILES string of the molecule is CCCOc1ccc(C(=O)Oc2ccc(C=NNC(=O)C(=O)Nc3sc4c(c3C#N)CCCC4)cc2)cc1. The second-order valence-electron chi connectivity index (χ2n) is 8.51. The highest BCUT2D eigenvalue weighted by atomic mass is 32.1. The molecule has 0 saturated heterocycles. The zero-order valence-electron chi connectivity index (χ0n) is 20.8. The van der Waals surface area contributed by atoms with E-state index in [9.17, 15) is 19.6 Å². The molecule has 3 aromatic rings. The molecule has 1 aliphatic rings. The molecule has 194 valence electrons. The van der Waals surface area contributed by atoms with Gasteiger partial charge in [0, 0.05) is 4.88 Å². The number of amides is 2. The summed E-state index contributed by atoms with van der Waals surface area (Å²) in [4.78, 5) is 38.0. The number of thiophene rings is 1. The normalized spacial score (nSPS) is 12.3. The molecule has 9 nitrogen and oxygen atoms in total. The minimum Gasteiger partial charge on any atom is -0.494 e. The number of hydrazone groups is 1. The number of aryl methyl sites for hydroxylation is 1. The van der Waals surface area contributed by atoms with Gasteiger partial charge in [0.1, 0.15) is 22.6 Å². The first-order valence-electron chi connectivity index (χ1n) is 12.2. The van der Waals surface area contributed by atoms with Gasteiger partial charge in [0.15, 0.2) is 0 Å². The number of fused-ring (bicyclic) bond motifs is 1. The van der Waals surface area contributed by atoms with Crippen molar-refractivity contribution in [3.8, 4) is 17.6 Å². The minimum absolute atomic E-state index is 0.341. The van der Waals surface area contributed by atoms with Gasteiger partial charge >= 0.3 is 17.8 Å². The summed E-state index contributed by atoms with van der Waals surface area (Å²) in [5.74, 6) is -1.32. The van der Waals surface area contributed by atoms with Gasteiger partial charge in [0.05, 0.1) is 23.9 Å². The predicted octanol–water partition coefficient (Wildman–Crippen LogP) is 4.60. The van der Waals surface area contributed by atoms with E-state index in [1.165, 1.54) is 17.6 Å². The minimum atomic E-state index is -0.951. The third kappa shape index (κ3) is 6.63. The number of benzene rings is 2. The summed E-state index contributed by atoms with van der Waals surface area (Å²) in [6.45, 7) is 2.62. The summed E-state index contributed by atoms with van der Waals surface area (Å²) in [5, 5.41) is 16.2.